The fourth-order valence-corrected chi connectivity index (χ4v) is 2.85. The van der Waals surface area contributed by atoms with Crippen LogP contribution < -0.4 is 5.32 Å². The average molecular weight is 285 g/mol. The number of benzene rings is 1. The second-order valence-corrected chi connectivity index (χ2v) is 5.62. The number of nitrogens with one attached hydrogen (secondary N) is 1. The summed E-state index contributed by atoms with van der Waals surface area (Å²) in [5.74, 6) is -0.334. The summed E-state index contributed by atoms with van der Waals surface area (Å²) >= 11 is 5.80. The van der Waals surface area contributed by atoms with Crippen molar-refractivity contribution in [2.24, 2.45) is 0 Å². The number of anilines is 1. The van der Waals surface area contributed by atoms with E-state index >= 15 is 0 Å². The van der Waals surface area contributed by atoms with Crippen molar-refractivity contribution in [1.82, 2.24) is 4.90 Å². The predicted octanol–water partition coefficient (Wildman–Crippen LogP) is 4.16. The van der Waals surface area contributed by atoms with E-state index in [1.165, 1.54) is 12.8 Å². The molecule has 1 unspecified atom stereocenters. The average Bonchev–Trinajstić information content (AvgIpc) is 2.61. The Balaban J connectivity index is 1.94. The first-order valence-corrected chi connectivity index (χ1v) is 7.51. The third kappa shape index (κ3) is 4.08. The van der Waals surface area contributed by atoms with Crippen LogP contribution in [0.25, 0.3) is 0 Å². The fraction of sp³-hybridized carbons (Fsp3) is 0.600. The number of rotatable bonds is 4. The lowest BCUT2D eigenvalue weighted by Crippen LogP contribution is -2.27. The molecule has 106 valence electrons. The van der Waals surface area contributed by atoms with Gasteiger partial charge in [-0.05, 0) is 50.9 Å². The van der Waals surface area contributed by atoms with E-state index in [0.717, 1.165) is 32.5 Å². The van der Waals surface area contributed by atoms with E-state index in [-0.39, 0.29) is 10.8 Å². The van der Waals surface area contributed by atoms with Gasteiger partial charge in [0.1, 0.15) is 0 Å². The highest BCUT2D eigenvalue weighted by Gasteiger charge is 2.17. The van der Waals surface area contributed by atoms with E-state index in [4.69, 9.17) is 11.6 Å². The summed E-state index contributed by atoms with van der Waals surface area (Å²) in [6.45, 7) is 5.62. The summed E-state index contributed by atoms with van der Waals surface area (Å²) < 4.78 is 13.9. The lowest BCUT2D eigenvalue weighted by Gasteiger charge is -2.20. The van der Waals surface area contributed by atoms with Gasteiger partial charge in [-0.15, -0.1) is 0 Å². The van der Waals surface area contributed by atoms with Crippen molar-refractivity contribution >= 4 is 17.3 Å². The normalized spacial score (nSPS) is 21.1. The highest BCUT2D eigenvalue weighted by atomic mass is 35.5. The largest absolute Gasteiger partial charge is 0.380 e. The zero-order valence-electron chi connectivity index (χ0n) is 11.5. The van der Waals surface area contributed by atoms with Gasteiger partial charge in [0.2, 0.25) is 0 Å². The molecule has 1 aliphatic rings. The molecule has 0 aliphatic carbocycles. The van der Waals surface area contributed by atoms with Crippen molar-refractivity contribution < 1.29 is 4.39 Å². The zero-order valence-corrected chi connectivity index (χ0v) is 12.2. The Labute approximate surface area is 119 Å². The van der Waals surface area contributed by atoms with Crippen LogP contribution in [0.4, 0.5) is 10.1 Å². The Kier molecular flexibility index (Phi) is 5.46. The smallest absolute Gasteiger partial charge is 0.164 e. The van der Waals surface area contributed by atoms with Crippen molar-refractivity contribution in [1.29, 1.82) is 0 Å². The molecule has 1 fully saturated rings. The van der Waals surface area contributed by atoms with Gasteiger partial charge < -0.3 is 10.2 Å². The maximum absolute atomic E-state index is 13.9. The molecular weight excluding hydrogens is 263 g/mol. The molecule has 2 nitrogen and oxygen atoms in total. The van der Waals surface area contributed by atoms with Gasteiger partial charge in [0.05, 0.1) is 10.7 Å². The Hall–Kier alpha value is -0.800. The van der Waals surface area contributed by atoms with Crippen LogP contribution in [-0.2, 0) is 0 Å². The molecule has 4 heteroatoms. The van der Waals surface area contributed by atoms with E-state index in [0.29, 0.717) is 11.7 Å². The highest BCUT2D eigenvalue weighted by Crippen LogP contribution is 2.24. The molecule has 1 heterocycles. The van der Waals surface area contributed by atoms with E-state index < -0.39 is 0 Å². The summed E-state index contributed by atoms with van der Waals surface area (Å²) in [6.07, 6.45) is 4.51. The molecule has 0 spiro atoms. The van der Waals surface area contributed by atoms with Gasteiger partial charge >= 0.3 is 0 Å². The monoisotopic (exact) mass is 284 g/mol. The molecule has 1 atom stereocenters. The van der Waals surface area contributed by atoms with Gasteiger partial charge in [0, 0.05) is 12.6 Å². The van der Waals surface area contributed by atoms with Crippen molar-refractivity contribution in [3.63, 3.8) is 0 Å². The Bertz CT molecular complexity index is 411. The highest BCUT2D eigenvalue weighted by molar-refractivity contribution is 6.31. The maximum Gasteiger partial charge on any atom is 0.164 e. The first-order chi connectivity index (χ1) is 9.20. The minimum absolute atomic E-state index is 0.186. The molecule has 1 aromatic carbocycles. The number of hydrogen-bond acceptors (Lipinski definition) is 2. The summed E-state index contributed by atoms with van der Waals surface area (Å²) in [6, 6.07) is 5.47. The number of hydrogen-bond donors (Lipinski definition) is 1. The lowest BCUT2D eigenvalue weighted by atomic mass is 10.1. The molecule has 19 heavy (non-hydrogen) atoms. The molecule has 0 radical (unpaired) electrons. The summed E-state index contributed by atoms with van der Waals surface area (Å²) in [5.41, 5.74) is 0.529. The molecule has 0 bridgehead atoms. The third-order valence-electron chi connectivity index (χ3n) is 3.67. The Morgan fingerprint density at radius 3 is 3.00 bits per heavy atom. The minimum atomic E-state index is -0.334. The summed E-state index contributed by atoms with van der Waals surface area (Å²) in [5, 5.41) is 3.49. The van der Waals surface area contributed by atoms with Crippen LogP contribution >= 0.6 is 11.6 Å². The molecule has 1 N–H and O–H groups in total. The number of nitrogens with zero attached hydrogens (tertiary/aromatic N) is 1. The molecule has 1 aliphatic heterocycles. The SMILES string of the molecule is CCCN1CCCC(Nc2cccc(Cl)c2F)CC1. The van der Waals surface area contributed by atoms with Gasteiger partial charge in [0.25, 0.3) is 0 Å². The summed E-state index contributed by atoms with van der Waals surface area (Å²) in [4.78, 5) is 2.50. The zero-order chi connectivity index (χ0) is 13.7. The van der Waals surface area contributed by atoms with E-state index in [1.807, 2.05) is 0 Å². The molecule has 0 amide bonds. The van der Waals surface area contributed by atoms with Crippen LogP contribution in [-0.4, -0.2) is 30.6 Å². The standard InChI is InChI=1S/C15H22ClFN2/c1-2-9-19-10-4-5-12(8-11-19)18-14-7-3-6-13(16)15(14)17/h3,6-7,12,18H,2,4-5,8-11H2,1H3. The molecular formula is C15H22ClFN2. The van der Waals surface area contributed by atoms with Gasteiger partial charge in [-0.3, -0.25) is 0 Å². The number of likely N-dealkylation sites (tertiary alicyclic amines) is 1. The van der Waals surface area contributed by atoms with Crippen molar-refractivity contribution in [2.75, 3.05) is 25.0 Å². The van der Waals surface area contributed by atoms with E-state index in [9.17, 15) is 4.39 Å². The maximum atomic E-state index is 13.9. The first kappa shape index (κ1) is 14.6. The fourth-order valence-electron chi connectivity index (χ4n) is 2.68. The number of halogens is 2. The van der Waals surface area contributed by atoms with Crippen LogP contribution in [0.5, 0.6) is 0 Å². The van der Waals surface area contributed by atoms with Gasteiger partial charge in [0.15, 0.2) is 5.82 Å². The predicted molar refractivity (Wildman–Crippen MR) is 79.4 cm³/mol. The van der Waals surface area contributed by atoms with Crippen LogP contribution in [0.3, 0.4) is 0 Å². The van der Waals surface area contributed by atoms with Crippen LogP contribution in [0.15, 0.2) is 18.2 Å². The minimum Gasteiger partial charge on any atom is -0.380 e. The topological polar surface area (TPSA) is 15.3 Å². The third-order valence-corrected chi connectivity index (χ3v) is 3.96. The second kappa shape index (κ2) is 7.11. The molecule has 0 aromatic heterocycles. The van der Waals surface area contributed by atoms with Gasteiger partial charge in [-0.2, -0.15) is 0 Å². The molecule has 1 saturated heterocycles. The lowest BCUT2D eigenvalue weighted by molar-refractivity contribution is 0.285. The Morgan fingerprint density at radius 1 is 1.37 bits per heavy atom. The molecule has 0 saturated carbocycles. The van der Waals surface area contributed by atoms with E-state index in [1.54, 1.807) is 18.2 Å². The van der Waals surface area contributed by atoms with Gasteiger partial charge in [-0.1, -0.05) is 24.6 Å². The van der Waals surface area contributed by atoms with Crippen LogP contribution in [0.1, 0.15) is 32.6 Å². The quantitative estimate of drug-likeness (QED) is 0.893. The molecule has 1 aromatic rings. The van der Waals surface area contributed by atoms with Crippen LogP contribution in [0.2, 0.25) is 5.02 Å². The van der Waals surface area contributed by atoms with Crippen molar-refractivity contribution in [3.8, 4) is 0 Å². The van der Waals surface area contributed by atoms with Crippen LogP contribution in [0, 0.1) is 5.82 Å². The summed E-state index contributed by atoms with van der Waals surface area (Å²) in [7, 11) is 0. The second-order valence-electron chi connectivity index (χ2n) is 5.22. The van der Waals surface area contributed by atoms with Gasteiger partial charge in [-0.25, -0.2) is 4.39 Å². The van der Waals surface area contributed by atoms with Crippen molar-refractivity contribution in [3.05, 3.63) is 29.0 Å². The first-order valence-electron chi connectivity index (χ1n) is 7.13. The van der Waals surface area contributed by atoms with Crippen molar-refractivity contribution in [2.45, 2.75) is 38.6 Å². The molecule has 2 rings (SSSR count). The van der Waals surface area contributed by atoms with E-state index in [2.05, 4.69) is 17.1 Å². The Morgan fingerprint density at radius 2 is 2.21 bits per heavy atom.